The highest BCUT2D eigenvalue weighted by Gasteiger charge is 2.31. The number of aromatic nitrogens is 2. The van der Waals surface area contributed by atoms with E-state index in [2.05, 4.69) is 15.0 Å². The summed E-state index contributed by atoms with van der Waals surface area (Å²) in [5, 5.41) is 3.90. The summed E-state index contributed by atoms with van der Waals surface area (Å²) in [6, 6.07) is 0.220. The molecule has 22 heavy (non-hydrogen) atoms. The highest BCUT2D eigenvalue weighted by atomic mass is 16.5. The fourth-order valence-electron chi connectivity index (χ4n) is 3.36. The van der Waals surface area contributed by atoms with Crippen molar-refractivity contribution in [2.75, 3.05) is 26.2 Å². The minimum absolute atomic E-state index is 0.0615. The molecule has 0 unspecified atom stereocenters. The highest BCUT2D eigenvalue weighted by Crippen LogP contribution is 2.21. The Hall–Kier alpha value is -1.47. The van der Waals surface area contributed by atoms with E-state index in [1.165, 1.54) is 6.42 Å². The number of hydrogen-bond acceptors (Lipinski definition) is 6. The SMILES string of the molecule is CC(=O)N(Cc1noc(C)n1)[C@H]1CCN(C[C@@H]2CCCO2)C1. The minimum atomic E-state index is 0.0615. The molecule has 1 amide bonds. The molecule has 0 radical (unpaired) electrons. The summed E-state index contributed by atoms with van der Waals surface area (Å²) < 4.78 is 10.7. The Labute approximate surface area is 130 Å². The Balaban J connectivity index is 1.57. The third-order valence-corrected chi connectivity index (χ3v) is 4.46. The number of aryl methyl sites for hydroxylation is 1. The molecule has 2 atom stereocenters. The first-order valence-corrected chi connectivity index (χ1v) is 8.02. The van der Waals surface area contributed by atoms with E-state index in [0.717, 1.165) is 39.1 Å². The molecular weight excluding hydrogens is 284 g/mol. The number of likely N-dealkylation sites (tertiary alicyclic amines) is 1. The zero-order chi connectivity index (χ0) is 15.5. The van der Waals surface area contributed by atoms with Gasteiger partial charge in [-0.3, -0.25) is 9.69 Å². The number of nitrogens with zero attached hydrogens (tertiary/aromatic N) is 4. The molecule has 7 heteroatoms. The largest absolute Gasteiger partial charge is 0.377 e. The van der Waals surface area contributed by atoms with Crippen LogP contribution in [0, 0.1) is 6.92 Å². The number of carbonyl (C=O) groups is 1. The number of amides is 1. The molecule has 0 N–H and O–H groups in total. The zero-order valence-electron chi connectivity index (χ0n) is 13.3. The summed E-state index contributed by atoms with van der Waals surface area (Å²) >= 11 is 0. The van der Waals surface area contributed by atoms with Crippen LogP contribution in [0.5, 0.6) is 0 Å². The van der Waals surface area contributed by atoms with Crippen molar-refractivity contribution in [2.24, 2.45) is 0 Å². The maximum absolute atomic E-state index is 12.0. The van der Waals surface area contributed by atoms with Gasteiger partial charge in [0.25, 0.3) is 0 Å². The van der Waals surface area contributed by atoms with Crippen LogP contribution in [0.2, 0.25) is 0 Å². The summed E-state index contributed by atoms with van der Waals surface area (Å²) in [5.74, 6) is 1.17. The second-order valence-electron chi connectivity index (χ2n) is 6.21. The maximum Gasteiger partial charge on any atom is 0.223 e. The molecule has 1 aromatic rings. The third kappa shape index (κ3) is 3.64. The molecule has 0 aromatic carbocycles. The molecule has 2 fully saturated rings. The van der Waals surface area contributed by atoms with Crippen LogP contribution in [-0.2, 0) is 16.1 Å². The van der Waals surface area contributed by atoms with E-state index < -0.39 is 0 Å². The molecule has 0 aliphatic carbocycles. The van der Waals surface area contributed by atoms with Crippen molar-refractivity contribution in [1.82, 2.24) is 19.9 Å². The van der Waals surface area contributed by atoms with E-state index in [1.54, 1.807) is 13.8 Å². The molecular formula is C15H24N4O3. The van der Waals surface area contributed by atoms with E-state index in [0.29, 0.717) is 24.4 Å². The monoisotopic (exact) mass is 308 g/mol. The Kier molecular flexibility index (Phi) is 4.73. The van der Waals surface area contributed by atoms with E-state index in [4.69, 9.17) is 9.26 Å². The first kappa shape index (κ1) is 15.4. The van der Waals surface area contributed by atoms with Crippen LogP contribution in [0.1, 0.15) is 37.9 Å². The van der Waals surface area contributed by atoms with Crippen LogP contribution >= 0.6 is 0 Å². The molecule has 2 aliphatic rings. The van der Waals surface area contributed by atoms with E-state index in [-0.39, 0.29) is 11.9 Å². The van der Waals surface area contributed by atoms with Crippen LogP contribution in [0.15, 0.2) is 4.52 Å². The lowest BCUT2D eigenvalue weighted by Gasteiger charge is -2.27. The first-order valence-electron chi connectivity index (χ1n) is 8.02. The first-order chi connectivity index (χ1) is 10.6. The maximum atomic E-state index is 12.0. The van der Waals surface area contributed by atoms with Gasteiger partial charge in [0.2, 0.25) is 11.8 Å². The smallest absolute Gasteiger partial charge is 0.223 e. The Bertz CT molecular complexity index is 513. The predicted molar refractivity (Wildman–Crippen MR) is 79.1 cm³/mol. The number of rotatable bonds is 5. The normalized spacial score (nSPS) is 25.7. The quantitative estimate of drug-likeness (QED) is 0.807. The van der Waals surface area contributed by atoms with Gasteiger partial charge in [0.15, 0.2) is 5.82 Å². The van der Waals surface area contributed by atoms with Crippen LogP contribution in [0.3, 0.4) is 0 Å². The average Bonchev–Trinajstić information content (AvgIpc) is 3.19. The Morgan fingerprint density at radius 2 is 2.32 bits per heavy atom. The molecule has 1 aromatic heterocycles. The van der Waals surface area contributed by atoms with Crippen molar-refractivity contribution >= 4 is 5.91 Å². The summed E-state index contributed by atoms with van der Waals surface area (Å²) in [7, 11) is 0. The summed E-state index contributed by atoms with van der Waals surface area (Å²) in [6.07, 6.45) is 3.67. The number of carbonyl (C=O) groups excluding carboxylic acids is 1. The van der Waals surface area contributed by atoms with Gasteiger partial charge in [0, 0.05) is 46.1 Å². The molecule has 0 spiro atoms. The van der Waals surface area contributed by atoms with Gasteiger partial charge in [-0.15, -0.1) is 0 Å². The summed E-state index contributed by atoms with van der Waals surface area (Å²) in [4.78, 5) is 20.5. The molecule has 3 rings (SSSR count). The van der Waals surface area contributed by atoms with Crippen molar-refractivity contribution in [2.45, 2.75) is 51.8 Å². The Morgan fingerprint density at radius 1 is 1.45 bits per heavy atom. The molecule has 7 nitrogen and oxygen atoms in total. The van der Waals surface area contributed by atoms with Gasteiger partial charge in [-0.1, -0.05) is 5.16 Å². The summed E-state index contributed by atoms with van der Waals surface area (Å²) in [5.41, 5.74) is 0. The number of hydrogen-bond donors (Lipinski definition) is 0. The van der Waals surface area contributed by atoms with Crippen molar-refractivity contribution in [3.05, 3.63) is 11.7 Å². The fourth-order valence-corrected chi connectivity index (χ4v) is 3.36. The predicted octanol–water partition coefficient (Wildman–Crippen LogP) is 0.980. The average molecular weight is 308 g/mol. The third-order valence-electron chi connectivity index (χ3n) is 4.46. The molecule has 2 aliphatic heterocycles. The minimum Gasteiger partial charge on any atom is -0.377 e. The Morgan fingerprint density at radius 3 is 2.95 bits per heavy atom. The van der Waals surface area contributed by atoms with Gasteiger partial charge in [0.05, 0.1) is 12.6 Å². The van der Waals surface area contributed by atoms with Crippen LogP contribution in [0.4, 0.5) is 0 Å². The molecule has 122 valence electrons. The van der Waals surface area contributed by atoms with Crippen molar-refractivity contribution in [1.29, 1.82) is 0 Å². The van der Waals surface area contributed by atoms with Gasteiger partial charge in [-0.25, -0.2) is 0 Å². The lowest BCUT2D eigenvalue weighted by Crippen LogP contribution is -2.41. The summed E-state index contributed by atoms with van der Waals surface area (Å²) in [6.45, 7) is 7.56. The van der Waals surface area contributed by atoms with E-state index >= 15 is 0 Å². The van der Waals surface area contributed by atoms with Gasteiger partial charge in [-0.05, 0) is 19.3 Å². The van der Waals surface area contributed by atoms with Crippen molar-refractivity contribution in [3.63, 3.8) is 0 Å². The second kappa shape index (κ2) is 6.75. The highest BCUT2D eigenvalue weighted by molar-refractivity contribution is 5.73. The lowest BCUT2D eigenvalue weighted by atomic mass is 10.2. The second-order valence-corrected chi connectivity index (χ2v) is 6.21. The lowest BCUT2D eigenvalue weighted by molar-refractivity contribution is -0.131. The van der Waals surface area contributed by atoms with E-state index in [9.17, 15) is 4.79 Å². The molecule has 3 heterocycles. The molecule has 0 saturated carbocycles. The standard InChI is InChI=1S/C15H24N4O3/c1-11-16-15(17-22-11)10-19(12(2)20)13-5-6-18(8-13)9-14-4-3-7-21-14/h13-14H,3-10H2,1-2H3/t13-,14-/m0/s1. The van der Waals surface area contributed by atoms with Crippen molar-refractivity contribution < 1.29 is 14.1 Å². The fraction of sp³-hybridized carbons (Fsp3) is 0.800. The zero-order valence-corrected chi connectivity index (χ0v) is 13.3. The van der Waals surface area contributed by atoms with Crippen LogP contribution in [-0.4, -0.2) is 64.2 Å². The number of ether oxygens (including phenoxy) is 1. The van der Waals surface area contributed by atoms with Gasteiger partial charge < -0.3 is 14.2 Å². The van der Waals surface area contributed by atoms with Crippen LogP contribution < -0.4 is 0 Å². The topological polar surface area (TPSA) is 71.7 Å². The molecule has 0 bridgehead atoms. The van der Waals surface area contributed by atoms with Gasteiger partial charge in [0.1, 0.15) is 0 Å². The molecule has 2 saturated heterocycles. The van der Waals surface area contributed by atoms with Crippen molar-refractivity contribution in [3.8, 4) is 0 Å². The van der Waals surface area contributed by atoms with Gasteiger partial charge >= 0.3 is 0 Å². The van der Waals surface area contributed by atoms with Crippen LogP contribution in [0.25, 0.3) is 0 Å². The van der Waals surface area contributed by atoms with E-state index in [1.807, 2.05) is 4.90 Å². The van der Waals surface area contributed by atoms with Gasteiger partial charge in [-0.2, -0.15) is 4.98 Å².